The van der Waals surface area contributed by atoms with Crippen molar-refractivity contribution in [3.8, 4) is 0 Å². The maximum absolute atomic E-state index is 12.6. The van der Waals surface area contributed by atoms with E-state index in [0.29, 0.717) is 11.1 Å². The van der Waals surface area contributed by atoms with Crippen LogP contribution in [-0.4, -0.2) is 31.3 Å². The van der Waals surface area contributed by atoms with E-state index in [1.54, 1.807) is 19.1 Å². The van der Waals surface area contributed by atoms with Gasteiger partial charge in [-0.15, -0.1) is 5.48 Å². The third kappa shape index (κ3) is 3.07. The number of benzene rings is 1. The van der Waals surface area contributed by atoms with E-state index in [1.807, 2.05) is 0 Å². The van der Waals surface area contributed by atoms with Crippen LogP contribution in [0, 0.1) is 0 Å². The Morgan fingerprint density at radius 1 is 1.32 bits per heavy atom. The minimum atomic E-state index is -4.55. The van der Waals surface area contributed by atoms with Gasteiger partial charge in [0.05, 0.1) is 12.6 Å². The van der Waals surface area contributed by atoms with Crippen molar-refractivity contribution in [3.63, 3.8) is 0 Å². The van der Waals surface area contributed by atoms with E-state index < -0.39 is 17.5 Å². The fraction of sp³-hybridized carbons (Fsp3) is 0.357. The van der Waals surface area contributed by atoms with Gasteiger partial charge in [0.25, 0.3) is 5.91 Å². The molecule has 22 heavy (non-hydrogen) atoms. The number of hydrogen-bond acceptors (Lipinski definition) is 4. The van der Waals surface area contributed by atoms with E-state index in [2.05, 4.69) is 10.3 Å². The van der Waals surface area contributed by atoms with E-state index in [4.69, 9.17) is 4.84 Å². The molecule has 120 valence electrons. The molecule has 1 aliphatic heterocycles. The second kappa shape index (κ2) is 5.62. The molecule has 1 N–H and O–H groups in total. The van der Waals surface area contributed by atoms with Gasteiger partial charge >= 0.3 is 6.18 Å². The lowest BCUT2D eigenvalue weighted by Crippen LogP contribution is -2.32. The molecule has 1 aromatic rings. The molecule has 0 bridgehead atoms. The second-order valence-electron chi connectivity index (χ2n) is 4.98. The maximum atomic E-state index is 12.6. The average Bonchev–Trinajstić information content (AvgIpc) is 2.90. The van der Waals surface area contributed by atoms with Crippen LogP contribution in [0.25, 0.3) is 0 Å². The maximum Gasteiger partial charge on any atom is 0.451 e. The largest absolute Gasteiger partial charge is 0.451 e. The van der Waals surface area contributed by atoms with Gasteiger partial charge in [0.2, 0.25) is 5.76 Å². The molecule has 0 aromatic heterocycles. The monoisotopic (exact) mass is 316 g/mol. The van der Waals surface area contributed by atoms with Crippen molar-refractivity contribution in [2.75, 3.05) is 14.2 Å². The first-order chi connectivity index (χ1) is 10.2. The van der Waals surface area contributed by atoms with Gasteiger partial charge in [-0.2, -0.15) is 13.2 Å². The van der Waals surface area contributed by atoms with E-state index in [-0.39, 0.29) is 5.91 Å². The van der Waals surface area contributed by atoms with Crippen LogP contribution in [0.2, 0.25) is 0 Å². The Morgan fingerprint density at radius 2 is 1.91 bits per heavy atom. The van der Waals surface area contributed by atoms with Gasteiger partial charge in [-0.05, 0) is 30.7 Å². The van der Waals surface area contributed by atoms with Gasteiger partial charge in [-0.1, -0.05) is 12.1 Å². The molecule has 1 heterocycles. The van der Waals surface area contributed by atoms with Crippen molar-refractivity contribution in [2.45, 2.75) is 18.6 Å². The van der Waals surface area contributed by atoms with Crippen LogP contribution < -0.4 is 5.48 Å². The van der Waals surface area contributed by atoms with Gasteiger partial charge in [0.15, 0.2) is 0 Å². The molecule has 1 amide bonds. The highest BCUT2D eigenvalue weighted by Gasteiger charge is 2.44. The summed E-state index contributed by atoms with van der Waals surface area (Å²) in [6.07, 6.45) is -3.59. The second-order valence-corrected chi connectivity index (χ2v) is 4.98. The van der Waals surface area contributed by atoms with Crippen molar-refractivity contribution in [2.24, 2.45) is 0 Å². The first-order valence-corrected chi connectivity index (χ1v) is 6.34. The lowest BCUT2D eigenvalue weighted by molar-refractivity contribution is -0.139. The number of nitrogens with one attached hydrogen (secondary N) is 1. The topological polar surface area (TPSA) is 50.8 Å². The molecular formula is C14H15F3N2O3. The number of allylic oxidation sites excluding steroid dienone is 1. The van der Waals surface area contributed by atoms with Crippen molar-refractivity contribution in [1.82, 2.24) is 10.5 Å². The van der Waals surface area contributed by atoms with Gasteiger partial charge in [-0.25, -0.2) is 5.06 Å². The Morgan fingerprint density at radius 3 is 2.36 bits per heavy atom. The zero-order chi connectivity index (χ0) is 16.5. The van der Waals surface area contributed by atoms with Gasteiger partial charge in [-0.3, -0.25) is 9.63 Å². The lowest BCUT2D eigenvalue weighted by Gasteiger charge is -2.21. The molecule has 1 unspecified atom stereocenters. The van der Waals surface area contributed by atoms with Gasteiger partial charge < -0.3 is 4.84 Å². The van der Waals surface area contributed by atoms with Crippen LogP contribution in [0.3, 0.4) is 0 Å². The minimum Gasteiger partial charge on any atom is -0.403 e. The summed E-state index contributed by atoms with van der Waals surface area (Å²) in [5.74, 6) is -1.45. The third-order valence-corrected chi connectivity index (χ3v) is 3.36. The Kier molecular flexibility index (Phi) is 4.17. The predicted octanol–water partition coefficient (Wildman–Crippen LogP) is 2.52. The van der Waals surface area contributed by atoms with Crippen LogP contribution in [0.1, 0.15) is 22.8 Å². The van der Waals surface area contributed by atoms with E-state index in [0.717, 1.165) is 11.1 Å². The number of nitrogens with zero attached hydrogens (tertiary/aromatic N) is 1. The summed E-state index contributed by atoms with van der Waals surface area (Å²) in [7, 11) is 2.82. The highest BCUT2D eigenvalue weighted by Crippen LogP contribution is 2.36. The van der Waals surface area contributed by atoms with Crippen LogP contribution in [0.4, 0.5) is 13.2 Å². The smallest absolute Gasteiger partial charge is 0.403 e. The normalized spacial score (nSPS) is 21.3. The molecule has 0 fully saturated rings. The first kappa shape index (κ1) is 16.3. The summed E-state index contributed by atoms with van der Waals surface area (Å²) in [6.45, 7) is 1.55. The molecule has 0 spiro atoms. The number of rotatable bonds is 3. The van der Waals surface area contributed by atoms with Crippen LogP contribution in [-0.2, 0) is 15.2 Å². The summed E-state index contributed by atoms with van der Waals surface area (Å²) in [5.41, 5.74) is 2.12. The van der Waals surface area contributed by atoms with Crippen molar-refractivity contribution < 1.29 is 27.6 Å². The highest BCUT2D eigenvalue weighted by molar-refractivity contribution is 5.93. The fourth-order valence-electron chi connectivity index (χ4n) is 1.99. The Hall–Kier alpha value is -2.06. The van der Waals surface area contributed by atoms with Gasteiger partial charge in [0.1, 0.15) is 0 Å². The van der Waals surface area contributed by atoms with Crippen LogP contribution in [0.5, 0.6) is 0 Å². The molecule has 1 aliphatic rings. The summed E-state index contributed by atoms with van der Waals surface area (Å²) < 4.78 is 37.9. The molecule has 1 atom stereocenters. The quantitative estimate of drug-likeness (QED) is 0.871. The Bertz CT molecular complexity index is 598. The van der Waals surface area contributed by atoms with Gasteiger partial charge in [0, 0.05) is 12.6 Å². The number of amides is 1. The summed E-state index contributed by atoms with van der Waals surface area (Å²) in [5, 5.41) is 1.05. The lowest BCUT2D eigenvalue weighted by atomic mass is 9.92. The number of carbonyl (C=O) groups excluding carboxylic acids is 1. The van der Waals surface area contributed by atoms with E-state index in [1.165, 1.54) is 26.3 Å². The van der Waals surface area contributed by atoms with E-state index in [9.17, 15) is 18.0 Å². The third-order valence-electron chi connectivity index (χ3n) is 3.36. The molecule has 0 aliphatic carbocycles. The molecule has 0 saturated heterocycles. The zero-order valence-corrected chi connectivity index (χ0v) is 12.2. The molecule has 0 radical (unpaired) electrons. The van der Waals surface area contributed by atoms with Crippen LogP contribution >= 0.6 is 0 Å². The molecule has 0 saturated carbocycles. The first-order valence-electron chi connectivity index (χ1n) is 6.34. The molecule has 5 nitrogen and oxygen atoms in total. The summed E-state index contributed by atoms with van der Waals surface area (Å²) >= 11 is 0. The van der Waals surface area contributed by atoms with Crippen molar-refractivity contribution in [1.29, 1.82) is 0 Å². The van der Waals surface area contributed by atoms with E-state index >= 15 is 0 Å². The number of hydroxylamine groups is 3. The number of halogens is 3. The summed E-state index contributed by atoms with van der Waals surface area (Å²) in [6, 6.07) is 6.14. The predicted molar refractivity (Wildman–Crippen MR) is 71.3 cm³/mol. The van der Waals surface area contributed by atoms with Crippen molar-refractivity contribution >= 4 is 5.91 Å². The minimum absolute atomic E-state index is 0.357. The summed E-state index contributed by atoms with van der Waals surface area (Å²) in [4.78, 5) is 21.2. The van der Waals surface area contributed by atoms with Crippen molar-refractivity contribution in [3.05, 3.63) is 47.2 Å². The zero-order valence-electron chi connectivity index (χ0n) is 12.2. The molecule has 2 rings (SSSR count). The number of hydrogen-bond donors (Lipinski definition) is 1. The number of alkyl halides is 3. The molecule has 8 heteroatoms. The molecular weight excluding hydrogens is 301 g/mol. The molecule has 1 aromatic carbocycles. The van der Waals surface area contributed by atoms with Crippen LogP contribution in [0.15, 0.2) is 36.1 Å². The Labute approximate surface area is 125 Å². The Balaban J connectivity index is 2.25. The fourth-order valence-corrected chi connectivity index (χ4v) is 1.99. The average molecular weight is 316 g/mol. The number of carbonyl (C=O) groups is 1. The highest BCUT2D eigenvalue weighted by atomic mass is 19.4. The SMILES string of the molecule is CON(C)C(=O)c1ccc(C2(C)C=C(C(F)(F)F)ON2)cc1. The standard InChI is InChI=1S/C14H15F3N2O3/c1-13(8-11(22-18-13)14(15,16)17)10-6-4-9(5-7-10)12(20)19(2)21-3/h4-8,18H,1-3H3.